The first-order valence-corrected chi connectivity index (χ1v) is 7.50. The zero-order chi connectivity index (χ0) is 18.6. The Bertz CT molecular complexity index is 901. The molecule has 134 valence electrons. The van der Waals surface area contributed by atoms with Crippen molar-refractivity contribution in [2.24, 2.45) is 0 Å². The number of hydrogen-bond donors (Lipinski definition) is 2. The number of nitrogens with one attached hydrogen (secondary N) is 2. The van der Waals surface area contributed by atoms with Crippen LogP contribution < -0.4 is 15.4 Å². The van der Waals surface area contributed by atoms with Crippen molar-refractivity contribution < 1.29 is 17.9 Å². The number of halogens is 3. The lowest BCUT2D eigenvalue weighted by atomic mass is 10.2. The van der Waals surface area contributed by atoms with Gasteiger partial charge in [-0.2, -0.15) is 23.3 Å². The molecular weight excluding hydrogens is 347 g/mol. The summed E-state index contributed by atoms with van der Waals surface area (Å²) in [6, 6.07) is 12.0. The summed E-state index contributed by atoms with van der Waals surface area (Å²) in [6.07, 6.45) is -3.03. The first kappa shape index (κ1) is 17.5. The number of methoxy groups -OCH3 is 1. The van der Waals surface area contributed by atoms with Gasteiger partial charge in [0, 0.05) is 5.69 Å². The van der Waals surface area contributed by atoms with E-state index in [0.717, 1.165) is 12.1 Å². The Balaban J connectivity index is 1.80. The van der Waals surface area contributed by atoms with E-state index in [-0.39, 0.29) is 11.6 Å². The number of hydrogen-bond acceptors (Lipinski definition) is 6. The molecule has 0 amide bonds. The van der Waals surface area contributed by atoms with Gasteiger partial charge >= 0.3 is 6.18 Å². The monoisotopic (exact) mass is 361 g/mol. The van der Waals surface area contributed by atoms with Crippen molar-refractivity contribution in [2.45, 2.75) is 6.18 Å². The van der Waals surface area contributed by atoms with Gasteiger partial charge in [0.05, 0.1) is 24.6 Å². The van der Waals surface area contributed by atoms with Crippen LogP contribution in [-0.4, -0.2) is 22.3 Å². The molecule has 0 aliphatic rings. The summed E-state index contributed by atoms with van der Waals surface area (Å²) >= 11 is 0. The largest absolute Gasteiger partial charge is 0.495 e. The molecule has 0 saturated heterocycles. The van der Waals surface area contributed by atoms with Gasteiger partial charge in [0.25, 0.3) is 0 Å². The molecule has 1 aromatic heterocycles. The van der Waals surface area contributed by atoms with Gasteiger partial charge in [-0.25, -0.2) is 0 Å². The van der Waals surface area contributed by atoms with Gasteiger partial charge in [-0.1, -0.05) is 18.2 Å². The molecule has 2 aromatic carbocycles. The maximum absolute atomic E-state index is 12.8. The maximum Gasteiger partial charge on any atom is 0.416 e. The first-order valence-electron chi connectivity index (χ1n) is 7.50. The highest BCUT2D eigenvalue weighted by Gasteiger charge is 2.30. The van der Waals surface area contributed by atoms with Crippen LogP contribution in [0.5, 0.6) is 5.75 Å². The van der Waals surface area contributed by atoms with Gasteiger partial charge in [-0.15, -0.1) is 5.10 Å². The lowest BCUT2D eigenvalue weighted by molar-refractivity contribution is -0.137. The Hall–Kier alpha value is -3.36. The normalized spacial score (nSPS) is 11.1. The third-order valence-corrected chi connectivity index (χ3v) is 3.37. The Morgan fingerprint density at radius 1 is 1.00 bits per heavy atom. The van der Waals surface area contributed by atoms with Crippen LogP contribution in [0.2, 0.25) is 0 Å². The molecule has 0 spiro atoms. The summed E-state index contributed by atoms with van der Waals surface area (Å²) in [5.41, 5.74) is 0.107. The second-order valence-corrected chi connectivity index (χ2v) is 5.19. The highest BCUT2D eigenvalue weighted by molar-refractivity contribution is 5.64. The lowest BCUT2D eigenvalue weighted by Gasteiger charge is -2.11. The SMILES string of the molecule is COc1ccccc1Nc1cnnc(Nc2cccc(C(F)(F)F)c2)n1. The molecule has 0 bridgehead atoms. The molecule has 6 nitrogen and oxygen atoms in total. The maximum atomic E-state index is 12.8. The average molecular weight is 361 g/mol. The van der Waals surface area contributed by atoms with E-state index >= 15 is 0 Å². The number of para-hydroxylation sites is 2. The quantitative estimate of drug-likeness (QED) is 0.702. The molecule has 0 saturated carbocycles. The van der Waals surface area contributed by atoms with Crippen LogP contribution in [0.3, 0.4) is 0 Å². The summed E-state index contributed by atoms with van der Waals surface area (Å²) in [4.78, 5) is 4.20. The minimum Gasteiger partial charge on any atom is -0.495 e. The van der Waals surface area contributed by atoms with Crippen LogP contribution in [0.15, 0.2) is 54.7 Å². The predicted molar refractivity (Wildman–Crippen MR) is 90.8 cm³/mol. The third kappa shape index (κ3) is 4.18. The molecule has 1 heterocycles. The Kier molecular flexibility index (Phi) is 4.87. The van der Waals surface area contributed by atoms with Gasteiger partial charge in [0.1, 0.15) is 5.75 Å². The zero-order valence-corrected chi connectivity index (χ0v) is 13.6. The minimum atomic E-state index is -4.43. The Labute approximate surface area is 147 Å². The van der Waals surface area contributed by atoms with Crippen molar-refractivity contribution in [2.75, 3.05) is 17.7 Å². The van der Waals surface area contributed by atoms with Gasteiger partial charge in [0.2, 0.25) is 5.95 Å². The molecule has 0 aliphatic carbocycles. The summed E-state index contributed by atoms with van der Waals surface area (Å²) in [5, 5.41) is 13.3. The van der Waals surface area contributed by atoms with Gasteiger partial charge in [-0.05, 0) is 30.3 Å². The fraction of sp³-hybridized carbons (Fsp3) is 0.118. The van der Waals surface area contributed by atoms with E-state index in [1.807, 2.05) is 12.1 Å². The van der Waals surface area contributed by atoms with Crippen LogP contribution in [0.4, 0.5) is 36.3 Å². The van der Waals surface area contributed by atoms with Crippen molar-refractivity contribution in [1.82, 2.24) is 15.2 Å². The van der Waals surface area contributed by atoms with Gasteiger partial charge in [-0.3, -0.25) is 0 Å². The van der Waals surface area contributed by atoms with E-state index in [1.165, 1.54) is 18.3 Å². The van der Waals surface area contributed by atoms with Crippen molar-refractivity contribution in [3.63, 3.8) is 0 Å². The number of benzene rings is 2. The lowest BCUT2D eigenvalue weighted by Crippen LogP contribution is -2.06. The Morgan fingerprint density at radius 2 is 1.81 bits per heavy atom. The summed E-state index contributed by atoms with van der Waals surface area (Å²) in [6.45, 7) is 0. The van der Waals surface area contributed by atoms with E-state index in [0.29, 0.717) is 17.3 Å². The number of rotatable bonds is 5. The first-order chi connectivity index (χ1) is 12.5. The van der Waals surface area contributed by atoms with E-state index in [9.17, 15) is 13.2 Å². The average Bonchev–Trinajstić information content (AvgIpc) is 2.62. The fourth-order valence-corrected chi connectivity index (χ4v) is 2.21. The highest BCUT2D eigenvalue weighted by atomic mass is 19.4. The Morgan fingerprint density at radius 3 is 2.58 bits per heavy atom. The molecular formula is C17H14F3N5O. The van der Waals surface area contributed by atoms with Crippen LogP contribution >= 0.6 is 0 Å². The number of anilines is 4. The minimum absolute atomic E-state index is 0.0595. The van der Waals surface area contributed by atoms with Crippen LogP contribution in [-0.2, 0) is 6.18 Å². The number of ether oxygens (including phenoxy) is 1. The number of aromatic nitrogens is 3. The van der Waals surface area contributed by atoms with Crippen molar-refractivity contribution in [1.29, 1.82) is 0 Å². The molecule has 26 heavy (non-hydrogen) atoms. The molecule has 2 N–H and O–H groups in total. The molecule has 9 heteroatoms. The molecule has 3 rings (SSSR count). The van der Waals surface area contributed by atoms with E-state index in [4.69, 9.17) is 4.74 Å². The predicted octanol–water partition coefficient (Wildman–Crippen LogP) is 4.39. The summed E-state index contributed by atoms with van der Waals surface area (Å²) in [7, 11) is 1.54. The fourth-order valence-electron chi connectivity index (χ4n) is 2.21. The van der Waals surface area contributed by atoms with E-state index in [1.54, 1.807) is 19.2 Å². The standard InChI is InChI=1S/C17H14F3N5O/c1-26-14-8-3-2-7-13(14)23-15-10-21-25-16(24-15)22-12-6-4-5-11(9-12)17(18,19)20/h2-10H,1H3,(H2,22,23,24,25). The molecule has 0 atom stereocenters. The topological polar surface area (TPSA) is 72.0 Å². The van der Waals surface area contributed by atoms with Crippen molar-refractivity contribution in [3.8, 4) is 5.75 Å². The smallest absolute Gasteiger partial charge is 0.416 e. The molecule has 0 radical (unpaired) electrons. The second kappa shape index (κ2) is 7.26. The van der Waals surface area contributed by atoms with Crippen LogP contribution in [0.1, 0.15) is 5.56 Å². The third-order valence-electron chi connectivity index (χ3n) is 3.37. The molecule has 3 aromatic rings. The number of nitrogens with zero attached hydrogens (tertiary/aromatic N) is 3. The highest BCUT2D eigenvalue weighted by Crippen LogP contribution is 2.31. The molecule has 0 fully saturated rings. The van der Waals surface area contributed by atoms with Gasteiger partial charge < -0.3 is 15.4 Å². The van der Waals surface area contributed by atoms with Crippen LogP contribution in [0.25, 0.3) is 0 Å². The van der Waals surface area contributed by atoms with Crippen molar-refractivity contribution in [3.05, 3.63) is 60.3 Å². The zero-order valence-electron chi connectivity index (χ0n) is 13.6. The van der Waals surface area contributed by atoms with Gasteiger partial charge in [0.15, 0.2) is 5.82 Å². The second-order valence-electron chi connectivity index (χ2n) is 5.19. The van der Waals surface area contributed by atoms with E-state index in [2.05, 4.69) is 25.8 Å². The summed E-state index contributed by atoms with van der Waals surface area (Å²) in [5.74, 6) is 1.03. The number of alkyl halides is 3. The molecule has 0 aliphatic heterocycles. The molecule has 0 unspecified atom stereocenters. The van der Waals surface area contributed by atoms with E-state index < -0.39 is 11.7 Å². The van der Waals surface area contributed by atoms with Crippen molar-refractivity contribution >= 4 is 23.1 Å². The van der Waals surface area contributed by atoms with Crippen LogP contribution in [0, 0.1) is 0 Å². The summed E-state index contributed by atoms with van der Waals surface area (Å²) < 4.78 is 43.6.